The maximum absolute atomic E-state index is 12.3. The van der Waals surface area contributed by atoms with Crippen molar-refractivity contribution < 1.29 is 9.53 Å². The molecule has 1 amide bonds. The average Bonchev–Trinajstić information content (AvgIpc) is 3.13. The van der Waals surface area contributed by atoms with Gasteiger partial charge in [0.25, 0.3) is 5.91 Å². The minimum Gasteiger partial charge on any atom is -0.489 e. The van der Waals surface area contributed by atoms with Crippen LogP contribution in [0.2, 0.25) is 5.02 Å². The zero-order valence-electron chi connectivity index (χ0n) is 16.4. The lowest BCUT2D eigenvalue weighted by Crippen LogP contribution is -2.25. The Morgan fingerprint density at radius 1 is 1.21 bits per heavy atom. The molecule has 7 heteroatoms. The number of rotatable bonds is 8. The van der Waals surface area contributed by atoms with Gasteiger partial charge in [-0.25, -0.2) is 0 Å². The lowest BCUT2D eigenvalue weighted by molar-refractivity contribution is 0.0952. The molecule has 152 valence electrons. The van der Waals surface area contributed by atoms with Crippen molar-refractivity contribution in [1.82, 2.24) is 15.1 Å². The molecule has 3 aromatic rings. The molecule has 0 saturated heterocycles. The van der Waals surface area contributed by atoms with E-state index in [9.17, 15) is 4.79 Å². The van der Waals surface area contributed by atoms with Crippen LogP contribution in [0.1, 0.15) is 33.5 Å². The molecule has 0 bridgehead atoms. The Hall–Kier alpha value is -2.31. The Morgan fingerprint density at radius 3 is 2.52 bits per heavy atom. The molecule has 0 aliphatic heterocycles. The van der Waals surface area contributed by atoms with Crippen LogP contribution in [-0.4, -0.2) is 22.2 Å². The third-order valence-electron chi connectivity index (χ3n) is 4.48. The molecule has 3 rings (SSSR count). The van der Waals surface area contributed by atoms with Crippen molar-refractivity contribution in [2.45, 2.75) is 33.4 Å². The SMILES string of the molecule is Cc1cc(OCc2ccc(C(=O)NCCCn3cc(Br)cn3)cc2)cc(C)c1Cl. The number of halogens is 2. The van der Waals surface area contributed by atoms with Crippen molar-refractivity contribution in [3.05, 3.63) is 80.5 Å². The van der Waals surface area contributed by atoms with Crippen molar-refractivity contribution in [2.24, 2.45) is 0 Å². The molecule has 0 radical (unpaired) electrons. The molecule has 29 heavy (non-hydrogen) atoms. The third-order valence-corrected chi connectivity index (χ3v) is 5.49. The van der Waals surface area contributed by atoms with Crippen molar-refractivity contribution in [3.63, 3.8) is 0 Å². The number of nitrogens with one attached hydrogen (secondary N) is 1. The van der Waals surface area contributed by atoms with Crippen LogP contribution in [-0.2, 0) is 13.2 Å². The predicted octanol–water partition coefficient (Wildman–Crippen LogP) is 5.31. The summed E-state index contributed by atoms with van der Waals surface area (Å²) in [6.07, 6.45) is 4.47. The first-order valence-corrected chi connectivity index (χ1v) is 10.5. The van der Waals surface area contributed by atoms with Crippen LogP contribution in [0.15, 0.2) is 53.3 Å². The maximum atomic E-state index is 12.3. The fraction of sp³-hybridized carbons (Fsp3) is 0.273. The number of aryl methyl sites for hydroxylation is 3. The van der Waals surface area contributed by atoms with Gasteiger partial charge in [-0.15, -0.1) is 0 Å². The highest BCUT2D eigenvalue weighted by Crippen LogP contribution is 2.26. The van der Waals surface area contributed by atoms with E-state index in [0.29, 0.717) is 18.7 Å². The van der Waals surface area contributed by atoms with E-state index >= 15 is 0 Å². The van der Waals surface area contributed by atoms with Gasteiger partial charge < -0.3 is 10.1 Å². The Labute approximate surface area is 184 Å². The molecule has 0 fully saturated rings. The number of ether oxygens (including phenoxy) is 1. The van der Waals surface area contributed by atoms with Gasteiger partial charge in [-0.05, 0) is 77.2 Å². The summed E-state index contributed by atoms with van der Waals surface area (Å²) in [6, 6.07) is 11.3. The smallest absolute Gasteiger partial charge is 0.251 e. The van der Waals surface area contributed by atoms with Crippen LogP contribution >= 0.6 is 27.5 Å². The number of hydrogen-bond acceptors (Lipinski definition) is 3. The van der Waals surface area contributed by atoms with Gasteiger partial charge in [-0.2, -0.15) is 5.10 Å². The third kappa shape index (κ3) is 6.08. The molecule has 0 aliphatic rings. The summed E-state index contributed by atoms with van der Waals surface area (Å²) in [5, 5.41) is 7.90. The highest BCUT2D eigenvalue weighted by atomic mass is 79.9. The van der Waals surface area contributed by atoms with Gasteiger partial charge in [0.1, 0.15) is 12.4 Å². The summed E-state index contributed by atoms with van der Waals surface area (Å²) in [6.45, 7) is 5.71. The van der Waals surface area contributed by atoms with E-state index in [-0.39, 0.29) is 5.91 Å². The second kappa shape index (κ2) is 9.94. The zero-order chi connectivity index (χ0) is 20.8. The van der Waals surface area contributed by atoms with Crippen molar-refractivity contribution in [2.75, 3.05) is 6.54 Å². The first-order valence-electron chi connectivity index (χ1n) is 9.37. The standard InChI is InChI=1S/C22H23BrClN3O2/c1-15-10-20(11-16(2)21(15)24)29-14-17-4-6-18(7-5-17)22(28)25-8-3-9-27-13-19(23)12-26-27/h4-7,10-13H,3,8-9,14H2,1-2H3,(H,25,28). The Morgan fingerprint density at radius 2 is 1.90 bits per heavy atom. The summed E-state index contributed by atoms with van der Waals surface area (Å²) >= 11 is 9.56. The minimum absolute atomic E-state index is 0.0805. The number of amides is 1. The zero-order valence-corrected chi connectivity index (χ0v) is 18.8. The summed E-state index contributed by atoms with van der Waals surface area (Å²) in [5.41, 5.74) is 3.62. The Balaban J connectivity index is 1.46. The monoisotopic (exact) mass is 475 g/mol. The second-order valence-corrected chi connectivity index (χ2v) is 8.18. The van der Waals surface area contributed by atoms with E-state index in [1.165, 1.54) is 0 Å². The number of benzene rings is 2. The molecule has 0 saturated carbocycles. The van der Waals surface area contributed by atoms with E-state index in [0.717, 1.165) is 44.9 Å². The summed E-state index contributed by atoms with van der Waals surface area (Å²) in [7, 11) is 0. The Bertz CT molecular complexity index is 963. The summed E-state index contributed by atoms with van der Waals surface area (Å²) < 4.78 is 8.65. The largest absolute Gasteiger partial charge is 0.489 e. The van der Waals surface area contributed by atoms with Crippen LogP contribution in [0, 0.1) is 13.8 Å². The lowest BCUT2D eigenvalue weighted by Gasteiger charge is -2.11. The lowest BCUT2D eigenvalue weighted by atomic mass is 10.1. The first-order chi connectivity index (χ1) is 13.9. The van der Waals surface area contributed by atoms with Gasteiger partial charge in [0.05, 0.1) is 10.7 Å². The van der Waals surface area contributed by atoms with E-state index < -0.39 is 0 Å². The number of nitrogens with zero attached hydrogens (tertiary/aromatic N) is 2. The van der Waals surface area contributed by atoms with Crippen LogP contribution in [0.3, 0.4) is 0 Å². The quantitative estimate of drug-likeness (QED) is 0.448. The molecule has 0 unspecified atom stereocenters. The molecular formula is C22H23BrClN3O2. The van der Waals surface area contributed by atoms with Crippen LogP contribution < -0.4 is 10.1 Å². The van der Waals surface area contributed by atoms with Gasteiger partial charge in [-0.3, -0.25) is 9.48 Å². The molecule has 0 aliphatic carbocycles. The molecular weight excluding hydrogens is 454 g/mol. The van der Waals surface area contributed by atoms with E-state index in [1.54, 1.807) is 6.20 Å². The van der Waals surface area contributed by atoms with Gasteiger partial charge in [0.15, 0.2) is 0 Å². The topological polar surface area (TPSA) is 56.1 Å². The minimum atomic E-state index is -0.0805. The fourth-order valence-electron chi connectivity index (χ4n) is 2.91. The molecule has 0 atom stereocenters. The predicted molar refractivity (Wildman–Crippen MR) is 119 cm³/mol. The maximum Gasteiger partial charge on any atom is 0.251 e. The average molecular weight is 477 g/mol. The van der Waals surface area contributed by atoms with Gasteiger partial charge >= 0.3 is 0 Å². The second-order valence-electron chi connectivity index (χ2n) is 6.89. The number of carbonyl (C=O) groups is 1. The van der Waals surface area contributed by atoms with Crippen LogP contribution in [0.4, 0.5) is 0 Å². The molecule has 2 aromatic carbocycles. The molecule has 1 aromatic heterocycles. The van der Waals surface area contributed by atoms with E-state index in [1.807, 2.05) is 61.1 Å². The van der Waals surface area contributed by atoms with E-state index in [4.69, 9.17) is 16.3 Å². The molecule has 0 spiro atoms. The summed E-state index contributed by atoms with van der Waals surface area (Å²) in [4.78, 5) is 12.3. The van der Waals surface area contributed by atoms with E-state index in [2.05, 4.69) is 26.3 Å². The number of hydrogen-bond donors (Lipinski definition) is 1. The molecule has 1 N–H and O–H groups in total. The summed E-state index contributed by atoms with van der Waals surface area (Å²) in [5.74, 6) is 0.707. The Kier molecular flexibility index (Phi) is 7.34. The highest BCUT2D eigenvalue weighted by molar-refractivity contribution is 9.10. The van der Waals surface area contributed by atoms with Crippen molar-refractivity contribution in [3.8, 4) is 5.75 Å². The van der Waals surface area contributed by atoms with Crippen molar-refractivity contribution in [1.29, 1.82) is 0 Å². The highest BCUT2D eigenvalue weighted by Gasteiger charge is 2.07. The number of aromatic nitrogens is 2. The molecule has 1 heterocycles. The van der Waals surface area contributed by atoms with Crippen LogP contribution in [0.5, 0.6) is 5.75 Å². The first kappa shape index (κ1) is 21.4. The van der Waals surface area contributed by atoms with Gasteiger partial charge in [0, 0.05) is 29.9 Å². The normalized spacial score (nSPS) is 10.8. The number of carbonyl (C=O) groups excluding carboxylic acids is 1. The van der Waals surface area contributed by atoms with Crippen LogP contribution in [0.25, 0.3) is 0 Å². The van der Waals surface area contributed by atoms with Gasteiger partial charge in [-0.1, -0.05) is 23.7 Å². The molecule has 5 nitrogen and oxygen atoms in total. The fourth-order valence-corrected chi connectivity index (χ4v) is 3.35. The van der Waals surface area contributed by atoms with Gasteiger partial charge in [0.2, 0.25) is 0 Å². The van der Waals surface area contributed by atoms with Crippen molar-refractivity contribution >= 4 is 33.4 Å².